The molecule has 0 aromatic rings. The van der Waals surface area contributed by atoms with Crippen LogP contribution in [0.4, 0.5) is 4.79 Å². The molecule has 0 saturated heterocycles. The zero-order valence-corrected chi connectivity index (χ0v) is 11.6. The van der Waals surface area contributed by atoms with Crippen LogP contribution < -0.4 is 10.6 Å². The van der Waals surface area contributed by atoms with Gasteiger partial charge in [0.25, 0.3) is 0 Å². The highest BCUT2D eigenvalue weighted by Crippen LogP contribution is 2.01. The summed E-state index contributed by atoms with van der Waals surface area (Å²) in [6.07, 6.45) is 0.983. The summed E-state index contributed by atoms with van der Waals surface area (Å²) in [5, 5.41) is 13.5. The Kier molecular flexibility index (Phi) is 8.32. The minimum atomic E-state index is -1.10. The van der Waals surface area contributed by atoms with Gasteiger partial charge < -0.3 is 20.5 Å². The summed E-state index contributed by atoms with van der Waals surface area (Å²) in [7, 11) is 0. The molecular weight excluding hydrogens is 252 g/mol. The van der Waals surface area contributed by atoms with Gasteiger partial charge in [0.1, 0.15) is 12.6 Å². The van der Waals surface area contributed by atoms with Crippen LogP contribution in [0.5, 0.6) is 0 Å². The van der Waals surface area contributed by atoms with Gasteiger partial charge in [-0.3, -0.25) is 4.79 Å². The van der Waals surface area contributed by atoms with Gasteiger partial charge in [0, 0.05) is 0 Å². The zero-order chi connectivity index (χ0) is 14.8. The van der Waals surface area contributed by atoms with Gasteiger partial charge in [-0.2, -0.15) is 0 Å². The van der Waals surface area contributed by atoms with Crippen molar-refractivity contribution in [3.05, 3.63) is 0 Å². The highest BCUT2D eigenvalue weighted by atomic mass is 16.5. The van der Waals surface area contributed by atoms with E-state index in [4.69, 9.17) is 9.84 Å². The number of carboxylic acids is 1. The quantitative estimate of drug-likeness (QED) is 0.566. The third kappa shape index (κ3) is 8.01. The molecule has 0 spiro atoms. The number of hydrogen-bond donors (Lipinski definition) is 3. The van der Waals surface area contributed by atoms with Gasteiger partial charge in [-0.1, -0.05) is 27.2 Å². The van der Waals surface area contributed by atoms with E-state index < -0.39 is 24.0 Å². The number of aliphatic carboxylic acids is 1. The summed E-state index contributed by atoms with van der Waals surface area (Å²) in [6, 6.07) is -0.967. The lowest BCUT2D eigenvalue weighted by Crippen LogP contribution is -2.48. The van der Waals surface area contributed by atoms with Gasteiger partial charge in [0.05, 0.1) is 6.61 Å². The van der Waals surface area contributed by atoms with Gasteiger partial charge in [-0.05, 0) is 12.3 Å². The summed E-state index contributed by atoms with van der Waals surface area (Å²) < 4.78 is 4.79. The van der Waals surface area contributed by atoms with Crippen molar-refractivity contribution in [2.45, 2.75) is 39.7 Å². The fourth-order valence-corrected chi connectivity index (χ4v) is 1.25. The Balaban J connectivity index is 3.97. The lowest BCUT2D eigenvalue weighted by molar-refractivity contribution is -0.142. The second kappa shape index (κ2) is 9.18. The normalized spacial score (nSPS) is 11.8. The van der Waals surface area contributed by atoms with Crippen LogP contribution in [0, 0.1) is 5.92 Å². The number of rotatable bonds is 8. The summed E-state index contributed by atoms with van der Waals surface area (Å²) in [6.45, 7) is 5.33. The van der Waals surface area contributed by atoms with E-state index in [9.17, 15) is 14.4 Å². The van der Waals surface area contributed by atoms with E-state index >= 15 is 0 Å². The molecule has 0 aromatic heterocycles. The van der Waals surface area contributed by atoms with E-state index in [1.165, 1.54) is 0 Å². The van der Waals surface area contributed by atoms with Crippen LogP contribution in [-0.4, -0.2) is 42.3 Å². The van der Waals surface area contributed by atoms with Crippen molar-refractivity contribution in [3.63, 3.8) is 0 Å². The van der Waals surface area contributed by atoms with Crippen LogP contribution in [0.1, 0.15) is 33.6 Å². The Bertz CT molecular complexity index is 317. The van der Waals surface area contributed by atoms with Gasteiger partial charge in [0.15, 0.2) is 0 Å². The van der Waals surface area contributed by atoms with Crippen LogP contribution in [0.15, 0.2) is 0 Å². The molecular formula is C12H22N2O5. The maximum Gasteiger partial charge on any atom is 0.407 e. The van der Waals surface area contributed by atoms with Crippen molar-refractivity contribution in [1.29, 1.82) is 0 Å². The summed E-state index contributed by atoms with van der Waals surface area (Å²) in [5.74, 6) is -1.90. The van der Waals surface area contributed by atoms with E-state index in [-0.39, 0.29) is 12.5 Å². The number of alkyl carbamates (subject to hydrolysis) is 1. The number of amides is 2. The summed E-state index contributed by atoms with van der Waals surface area (Å²) in [4.78, 5) is 33.5. The molecule has 0 saturated carbocycles. The first-order chi connectivity index (χ1) is 8.88. The highest BCUT2D eigenvalue weighted by molar-refractivity contribution is 5.86. The Morgan fingerprint density at radius 3 is 2.37 bits per heavy atom. The average Bonchev–Trinajstić information content (AvgIpc) is 2.33. The second-order valence-electron chi connectivity index (χ2n) is 4.47. The highest BCUT2D eigenvalue weighted by Gasteiger charge is 2.23. The van der Waals surface area contributed by atoms with Crippen LogP contribution in [0.3, 0.4) is 0 Å². The van der Waals surface area contributed by atoms with Gasteiger partial charge in [-0.25, -0.2) is 9.59 Å². The van der Waals surface area contributed by atoms with Crippen molar-refractivity contribution >= 4 is 18.0 Å². The molecule has 0 aliphatic carbocycles. The molecule has 0 aliphatic heterocycles. The maximum absolute atomic E-state index is 11.5. The molecule has 0 radical (unpaired) electrons. The van der Waals surface area contributed by atoms with Crippen LogP contribution in [-0.2, 0) is 14.3 Å². The number of carboxylic acid groups (broad SMARTS) is 1. The van der Waals surface area contributed by atoms with E-state index in [1.807, 2.05) is 6.92 Å². The third-order valence-corrected chi connectivity index (χ3v) is 2.37. The Morgan fingerprint density at radius 2 is 1.89 bits per heavy atom. The Hall–Kier alpha value is -1.79. The maximum atomic E-state index is 11.5. The molecule has 0 aliphatic rings. The van der Waals surface area contributed by atoms with Gasteiger partial charge >= 0.3 is 12.1 Å². The molecule has 0 fully saturated rings. The average molecular weight is 274 g/mol. The standard InChI is InChI=1S/C12H22N2O5/c1-4-5-6-19-12(18)13-7-9(15)14-10(8(2)3)11(16)17/h8,10H,4-7H2,1-3H3,(H,13,18)(H,14,15)(H,16,17). The molecule has 110 valence electrons. The molecule has 0 heterocycles. The van der Waals surface area contributed by atoms with Gasteiger partial charge in [0.2, 0.25) is 5.91 Å². The SMILES string of the molecule is CCCCOC(=O)NCC(=O)NC(C(=O)O)C(C)C. The first-order valence-corrected chi connectivity index (χ1v) is 6.31. The van der Waals surface area contributed by atoms with Crippen molar-refractivity contribution in [3.8, 4) is 0 Å². The lowest BCUT2D eigenvalue weighted by Gasteiger charge is -2.17. The predicted octanol–water partition coefficient (Wildman–Crippen LogP) is 0.738. The van der Waals surface area contributed by atoms with E-state index in [0.717, 1.165) is 12.8 Å². The Labute approximate surface area is 112 Å². The predicted molar refractivity (Wildman–Crippen MR) is 68.7 cm³/mol. The van der Waals surface area contributed by atoms with Crippen LogP contribution in [0.2, 0.25) is 0 Å². The van der Waals surface area contributed by atoms with E-state index in [0.29, 0.717) is 6.61 Å². The van der Waals surface area contributed by atoms with Crippen molar-refractivity contribution in [2.75, 3.05) is 13.2 Å². The first kappa shape index (κ1) is 17.2. The number of hydrogen-bond acceptors (Lipinski definition) is 4. The molecule has 1 unspecified atom stereocenters. The largest absolute Gasteiger partial charge is 0.480 e. The molecule has 19 heavy (non-hydrogen) atoms. The molecule has 0 rings (SSSR count). The van der Waals surface area contributed by atoms with Gasteiger partial charge in [-0.15, -0.1) is 0 Å². The minimum absolute atomic E-state index is 0.238. The topological polar surface area (TPSA) is 105 Å². The number of unbranched alkanes of at least 4 members (excludes halogenated alkanes) is 1. The fraction of sp³-hybridized carbons (Fsp3) is 0.750. The number of carbonyl (C=O) groups excluding carboxylic acids is 2. The second-order valence-corrected chi connectivity index (χ2v) is 4.47. The van der Waals surface area contributed by atoms with E-state index in [1.54, 1.807) is 13.8 Å². The van der Waals surface area contributed by atoms with E-state index in [2.05, 4.69) is 10.6 Å². The lowest BCUT2D eigenvalue weighted by atomic mass is 10.1. The fourth-order valence-electron chi connectivity index (χ4n) is 1.25. The minimum Gasteiger partial charge on any atom is -0.480 e. The number of nitrogens with one attached hydrogen (secondary N) is 2. The molecule has 1 atom stereocenters. The molecule has 7 heteroatoms. The summed E-state index contributed by atoms with van der Waals surface area (Å²) >= 11 is 0. The first-order valence-electron chi connectivity index (χ1n) is 6.31. The van der Waals surface area contributed by atoms with Crippen molar-refractivity contribution in [2.24, 2.45) is 5.92 Å². The Morgan fingerprint density at radius 1 is 1.26 bits per heavy atom. The summed E-state index contributed by atoms with van der Waals surface area (Å²) in [5.41, 5.74) is 0. The molecule has 7 nitrogen and oxygen atoms in total. The van der Waals surface area contributed by atoms with Crippen LogP contribution >= 0.6 is 0 Å². The zero-order valence-electron chi connectivity index (χ0n) is 11.6. The third-order valence-electron chi connectivity index (χ3n) is 2.37. The molecule has 0 aromatic carbocycles. The van der Waals surface area contributed by atoms with Crippen molar-refractivity contribution in [1.82, 2.24) is 10.6 Å². The number of ether oxygens (including phenoxy) is 1. The smallest absolute Gasteiger partial charge is 0.407 e. The monoisotopic (exact) mass is 274 g/mol. The number of carbonyl (C=O) groups is 3. The van der Waals surface area contributed by atoms with Crippen molar-refractivity contribution < 1.29 is 24.2 Å². The molecule has 3 N–H and O–H groups in total. The molecule has 2 amide bonds. The van der Waals surface area contributed by atoms with Crippen LogP contribution in [0.25, 0.3) is 0 Å². The molecule has 0 bridgehead atoms.